The van der Waals surface area contributed by atoms with Gasteiger partial charge < -0.3 is 9.84 Å². The van der Waals surface area contributed by atoms with Gasteiger partial charge in [0.15, 0.2) is 5.78 Å². The number of nitrogens with one attached hydrogen (secondary N) is 1. The predicted octanol–water partition coefficient (Wildman–Crippen LogP) is -2.11. The third kappa shape index (κ3) is 6.86. The summed E-state index contributed by atoms with van der Waals surface area (Å²) in [7, 11) is 1.22. The molecule has 0 spiro atoms. The summed E-state index contributed by atoms with van der Waals surface area (Å²) in [5.41, 5.74) is 2.17. The molecule has 130 valence electrons. The van der Waals surface area contributed by atoms with Gasteiger partial charge in [0, 0.05) is 28.7 Å². The van der Waals surface area contributed by atoms with Crippen molar-refractivity contribution in [3.8, 4) is 0 Å². The SMILES string of the molecule is C=CCON/C(CCC)=C1\C(=O)CC(C)(C)C(C(=O)OC)=C1[O-].[Na+].[NaH]. The van der Waals surface area contributed by atoms with E-state index in [1.54, 1.807) is 19.9 Å². The van der Waals surface area contributed by atoms with Crippen molar-refractivity contribution in [1.82, 2.24) is 5.48 Å². The summed E-state index contributed by atoms with van der Waals surface area (Å²) in [5.74, 6) is -1.59. The van der Waals surface area contributed by atoms with Gasteiger partial charge in [-0.15, -0.1) is 6.58 Å². The molecule has 0 aromatic rings. The van der Waals surface area contributed by atoms with E-state index in [-0.39, 0.29) is 89.1 Å². The normalized spacial score (nSPS) is 17.8. The molecule has 1 aliphatic carbocycles. The Labute approximate surface area is 193 Å². The first-order valence-corrected chi connectivity index (χ1v) is 7.55. The summed E-state index contributed by atoms with van der Waals surface area (Å²) >= 11 is 0. The van der Waals surface area contributed by atoms with Gasteiger partial charge in [-0.05, 0) is 6.42 Å². The summed E-state index contributed by atoms with van der Waals surface area (Å²) in [5, 5.41) is 12.8. The fourth-order valence-corrected chi connectivity index (χ4v) is 2.58. The first-order valence-electron chi connectivity index (χ1n) is 7.55. The molecule has 1 N–H and O–H groups in total. The standard InChI is InChI=1S/C17H25NO5.2Na.H/c1-6-8-11(18-23-9-7-2)13-12(19)10-17(3,4)14(15(13)20)16(21)22-5;;;/h7,18,20H,2,6,8-10H2,1,3-5H3;;;/q;;+1;/p-1/b13-11+;;;. The minimum absolute atomic E-state index is 0. The van der Waals surface area contributed by atoms with Crippen LogP contribution in [0.1, 0.15) is 40.0 Å². The van der Waals surface area contributed by atoms with Gasteiger partial charge in [0.2, 0.25) is 0 Å². The molecule has 1 aliphatic rings. The van der Waals surface area contributed by atoms with E-state index >= 15 is 0 Å². The van der Waals surface area contributed by atoms with Gasteiger partial charge in [0.05, 0.1) is 13.7 Å². The molecule has 0 fully saturated rings. The molecular formula is C17H25NNa2O5. The van der Waals surface area contributed by atoms with E-state index in [1.807, 2.05) is 6.92 Å². The molecule has 8 heteroatoms. The summed E-state index contributed by atoms with van der Waals surface area (Å²) in [6.07, 6.45) is 2.77. The number of Topliss-reactive ketones (excluding diaryl/α,β-unsaturated/α-hetero) is 1. The van der Waals surface area contributed by atoms with Crippen molar-refractivity contribution < 1.29 is 53.8 Å². The number of carbonyl (C=O) groups excluding carboxylic acids is 2. The van der Waals surface area contributed by atoms with Gasteiger partial charge in [-0.2, -0.15) is 0 Å². The average Bonchev–Trinajstić information content (AvgIpc) is 2.45. The number of hydrogen-bond acceptors (Lipinski definition) is 6. The van der Waals surface area contributed by atoms with Gasteiger partial charge in [0.1, 0.15) is 0 Å². The molecule has 0 radical (unpaired) electrons. The van der Waals surface area contributed by atoms with Gasteiger partial charge >= 0.3 is 65.1 Å². The molecule has 0 aromatic heterocycles. The summed E-state index contributed by atoms with van der Waals surface area (Å²) in [4.78, 5) is 29.6. The maximum atomic E-state index is 12.8. The molecule has 0 saturated heterocycles. The second-order valence-electron chi connectivity index (χ2n) is 5.98. The van der Waals surface area contributed by atoms with Gasteiger partial charge in [-0.1, -0.05) is 39.0 Å². The van der Waals surface area contributed by atoms with E-state index in [4.69, 9.17) is 9.57 Å². The van der Waals surface area contributed by atoms with E-state index in [0.717, 1.165) is 0 Å². The van der Waals surface area contributed by atoms with Gasteiger partial charge in [-0.3, -0.25) is 15.1 Å². The third-order valence-corrected chi connectivity index (χ3v) is 3.60. The van der Waals surface area contributed by atoms with Crippen molar-refractivity contribution >= 4 is 41.3 Å². The van der Waals surface area contributed by atoms with E-state index in [9.17, 15) is 14.7 Å². The average molecular weight is 369 g/mol. The molecule has 0 saturated carbocycles. The monoisotopic (exact) mass is 369 g/mol. The Bertz CT molecular complexity index is 567. The van der Waals surface area contributed by atoms with Crippen molar-refractivity contribution in [1.29, 1.82) is 0 Å². The van der Waals surface area contributed by atoms with Gasteiger partial charge in [0.25, 0.3) is 0 Å². The Balaban J connectivity index is 0. The van der Waals surface area contributed by atoms with Crippen molar-refractivity contribution in [2.75, 3.05) is 13.7 Å². The van der Waals surface area contributed by atoms with Crippen molar-refractivity contribution in [2.45, 2.75) is 40.0 Å². The Morgan fingerprint density at radius 1 is 1.44 bits per heavy atom. The number of hydroxylamine groups is 1. The third-order valence-electron chi connectivity index (χ3n) is 3.60. The number of ketones is 1. The fourth-order valence-electron chi connectivity index (χ4n) is 2.58. The van der Waals surface area contributed by atoms with Crippen LogP contribution in [0.25, 0.3) is 0 Å². The van der Waals surface area contributed by atoms with Gasteiger partial charge in [-0.25, -0.2) is 4.79 Å². The number of hydrogen-bond donors (Lipinski definition) is 1. The van der Waals surface area contributed by atoms with E-state index < -0.39 is 17.1 Å². The molecule has 25 heavy (non-hydrogen) atoms. The number of ether oxygens (including phenoxy) is 1. The Morgan fingerprint density at radius 3 is 2.52 bits per heavy atom. The molecular weight excluding hydrogens is 344 g/mol. The molecule has 1 rings (SSSR count). The quantitative estimate of drug-likeness (QED) is 0.138. The van der Waals surface area contributed by atoms with Crippen LogP contribution in [0, 0.1) is 5.41 Å². The second-order valence-corrected chi connectivity index (χ2v) is 5.98. The van der Waals surface area contributed by atoms with Crippen molar-refractivity contribution in [2.24, 2.45) is 5.41 Å². The number of carbonyl (C=O) groups is 2. The number of esters is 1. The fraction of sp³-hybridized carbons (Fsp3) is 0.529. The Morgan fingerprint density at radius 2 is 2.04 bits per heavy atom. The number of rotatable bonds is 7. The Kier molecular flexibility index (Phi) is 13.4. The van der Waals surface area contributed by atoms with Crippen molar-refractivity contribution in [3.05, 3.63) is 35.3 Å². The van der Waals surface area contributed by atoms with Crippen LogP contribution >= 0.6 is 0 Å². The molecule has 0 aromatic carbocycles. The molecule has 0 bridgehead atoms. The molecule has 0 unspecified atom stereocenters. The molecule has 0 aliphatic heterocycles. The van der Waals surface area contributed by atoms with E-state index in [1.165, 1.54) is 7.11 Å². The van der Waals surface area contributed by atoms with E-state index in [0.29, 0.717) is 18.5 Å². The van der Waals surface area contributed by atoms with Crippen LogP contribution in [0.4, 0.5) is 0 Å². The maximum absolute atomic E-state index is 12.8. The van der Waals surface area contributed by atoms with Crippen LogP contribution in [0.5, 0.6) is 0 Å². The Hall–Kier alpha value is -0.0800. The zero-order chi connectivity index (χ0) is 17.6. The first-order chi connectivity index (χ1) is 10.8. The molecule has 0 atom stereocenters. The minimum atomic E-state index is -0.857. The predicted molar refractivity (Wildman–Crippen MR) is 90.8 cm³/mol. The summed E-state index contributed by atoms with van der Waals surface area (Å²) in [6, 6.07) is 0. The second kappa shape index (κ2) is 12.3. The molecule has 6 nitrogen and oxygen atoms in total. The number of allylic oxidation sites excluding steroid dienone is 2. The first kappa shape index (κ1) is 27.1. The van der Waals surface area contributed by atoms with Crippen LogP contribution < -0.4 is 40.1 Å². The summed E-state index contributed by atoms with van der Waals surface area (Å²) < 4.78 is 4.72. The van der Waals surface area contributed by atoms with Crippen LogP contribution in [-0.4, -0.2) is 55.0 Å². The van der Waals surface area contributed by atoms with E-state index in [2.05, 4.69) is 12.1 Å². The molecule has 0 amide bonds. The van der Waals surface area contributed by atoms with Crippen molar-refractivity contribution in [3.63, 3.8) is 0 Å². The zero-order valence-corrected chi connectivity index (χ0v) is 17.2. The topological polar surface area (TPSA) is 87.7 Å². The van der Waals surface area contributed by atoms with Crippen LogP contribution in [0.15, 0.2) is 35.3 Å². The number of methoxy groups -OCH3 is 1. The zero-order valence-electron chi connectivity index (χ0n) is 15.2. The molecule has 0 heterocycles. The summed E-state index contributed by atoms with van der Waals surface area (Å²) in [6.45, 7) is 9.05. The van der Waals surface area contributed by atoms with Crippen LogP contribution in [0.2, 0.25) is 0 Å². The van der Waals surface area contributed by atoms with Crippen LogP contribution in [-0.2, 0) is 19.2 Å². The van der Waals surface area contributed by atoms with Crippen LogP contribution in [0.3, 0.4) is 0 Å².